The van der Waals surface area contributed by atoms with Gasteiger partial charge in [-0.2, -0.15) is 0 Å². The average Bonchev–Trinajstić information content (AvgIpc) is 2.18. The molecule has 1 aromatic rings. The molecule has 0 spiro atoms. The highest BCUT2D eigenvalue weighted by Gasteiger charge is 2.05. The lowest BCUT2D eigenvalue weighted by Gasteiger charge is -2.06. The average molecular weight is 216 g/mol. The molecule has 4 nitrogen and oxygen atoms in total. The fourth-order valence-corrected chi connectivity index (χ4v) is 1.12. The van der Waals surface area contributed by atoms with Crippen molar-refractivity contribution in [3.05, 3.63) is 23.2 Å². The lowest BCUT2D eigenvalue weighted by Crippen LogP contribution is -2.21. The van der Waals surface area contributed by atoms with Crippen LogP contribution in [0.5, 0.6) is 11.5 Å². The van der Waals surface area contributed by atoms with Crippen molar-refractivity contribution in [2.75, 3.05) is 14.2 Å². The molecule has 1 amide bonds. The number of hydrogen-bond donors (Lipinski definition) is 1. The molecule has 0 aliphatic heterocycles. The largest absolute Gasteiger partial charge is 0.495 e. The Morgan fingerprint density at radius 1 is 1.50 bits per heavy atom. The van der Waals surface area contributed by atoms with Gasteiger partial charge >= 0.3 is 6.09 Å². The predicted molar refractivity (Wildman–Crippen MR) is 53.1 cm³/mol. The molecule has 1 N–H and O–H groups in total. The number of ether oxygens (including phenoxy) is 2. The first-order valence-corrected chi connectivity index (χ1v) is 4.28. The summed E-state index contributed by atoms with van der Waals surface area (Å²) in [5.74, 6) is 0.908. The van der Waals surface area contributed by atoms with Crippen molar-refractivity contribution >= 4 is 17.7 Å². The fraction of sp³-hybridized carbons (Fsp3) is 0.222. The van der Waals surface area contributed by atoms with Crippen LogP contribution in [0.15, 0.2) is 18.2 Å². The van der Waals surface area contributed by atoms with E-state index in [9.17, 15) is 4.79 Å². The van der Waals surface area contributed by atoms with Crippen LogP contribution in [0.4, 0.5) is 4.79 Å². The molecule has 0 bridgehead atoms. The van der Waals surface area contributed by atoms with Gasteiger partial charge in [0.25, 0.3) is 0 Å². The van der Waals surface area contributed by atoms with E-state index in [1.165, 1.54) is 20.2 Å². The monoisotopic (exact) mass is 215 g/mol. The van der Waals surface area contributed by atoms with Gasteiger partial charge < -0.3 is 14.8 Å². The van der Waals surface area contributed by atoms with Crippen molar-refractivity contribution in [2.24, 2.45) is 0 Å². The van der Waals surface area contributed by atoms with Gasteiger partial charge in [-0.15, -0.1) is 0 Å². The third-order valence-corrected chi connectivity index (χ3v) is 1.83. The van der Waals surface area contributed by atoms with Crippen LogP contribution in [0, 0.1) is 0 Å². The first-order valence-electron chi connectivity index (χ1n) is 3.90. The zero-order valence-electron chi connectivity index (χ0n) is 7.83. The highest BCUT2D eigenvalue weighted by Crippen LogP contribution is 2.28. The number of amides is 1. The molecule has 0 fully saturated rings. The highest BCUT2D eigenvalue weighted by atomic mass is 35.5. The summed E-state index contributed by atoms with van der Waals surface area (Å²) in [6.07, 6.45) is -0.536. The molecule has 0 saturated carbocycles. The van der Waals surface area contributed by atoms with Crippen molar-refractivity contribution in [3.63, 3.8) is 0 Å². The van der Waals surface area contributed by atoms with E-state index in [1.54, 1.807) is 12.1 Å². The molecule has 76 valence electrons. The molecule has 5 heteroatoms. The molecule has 1 rings (SSSR count). The van der Waals surface area contributed by atoms with Gasteiger partial charge in [-0.1, -0.05) is 11.6 Å². The van der Waals surface area contributed by atoms with E-state index in [4.69, 9.17) is 21.1 Å². The first kappa shape index (κ1) is 10.7. The maximum absolute atomic E-state index is 10.8. The van der Waals surface area contributed by atoms with E-state index < -0.39 is 6.09 Å². The van der Waals surface area contributed by atoms with E-state index >= 15 is 0 Å². The summed E-state index contributed by atoms with van der Waals surface area (Å²) in [7, 11) is 2.99. The molecular weight excluding hydrogens is 206 g/mol. The highest BCUT2D eigenvalue weighted by molar-refractivity contribution is 6.32. The second-order valence-corrected chi connectivity index (χ2v) is 2.84. The lowest BCUT2D eigenvalue weighted by molar-refractivity contribution is 0.203. The van der Waals surface area contributed by atoms with Crippen LogP contribution in [0.1, 0.15) is 0 Å². The van der Waals surface area contributed by atoms with Gasteiger partial charge in [0.05, 0.1) is 12.1 Å². The molecule has 0 heterocycles. The van der Waals surface area contributed by atoms with Gasteiger partial charge in [0, 0.05) is 13.1 Å². The fourth-order valence-electron chi connectivity index (χ4n) is 0.869. The minimum atomic E-state index is -0.536. The van der Waals surface area contributed by atoms with E-state index in [2.05, 4.69) is 5.32 Å². The minimum Gasteiger partial charge on any atom is -0.495 e. The van der Waals surface area contributed by atoms with Gasteiger partial charge in [-0.25, -0.2) is 4.79 Å². The molecule has 1 aromatic carbocycles. The number of carbonyl (C=O) groups is 1. The predicted octanol–water partition coefficient (Wildman–Crippen LogP) is 2.07. The summed E-state index contributed by atoms with van der Waals surface area (Å²) in [6.45, 7) is 0. The summed E-state index contributed by atoms with van der Waals surface area (Å²) >= 11 is 5.82. The van der Waals surface area contributed by atoms with Gasteiger partial charge in [0.1, 0.15) is 11.5 Å². The van der Waals surface area contributed by atoms with Crippen LogP contribution in [0.3, 0.4) is 0 Å². The van der Waals surface area contributed by atoms with Crippen LogP contribution >= 0.6 is 11.6 Å². The summed E-state index contributed by atoms with van der Waals surface area (Å²) < 4.78 is 9.80. The standard InChI is InChI=1S/C9H10ClNO3/c1-11-9(12)14-6-3-4-8(13-2)7(10)5-6/h3-5H,1-2H3,(H,11,12). The van der Waals surface area contributed by atoms with E-state index in [-0.39, 0.29) is 0 Å². The molecule has 0 aliphatic rings. The summed E-state index contributed by atoms with van der Waals surface area (Å²) in [5, 5.41) is 2.72. The van der Waals surface area contributed by atoms with Crippen molar-refractivity contribution in [3.8, 4) is 11.5 Å². The van der Waals surface area contributed by atoms with Crippen molar-refractivity contribution in [2.45, 2.75) is 0 Å². The number of halogens is 1. The number of nitrogens with one attached hydrogen (secondary N) is 1. The van der Waals surface area contributed by atoms with Gasteiger partial charge in [0.15, 0.2) is 0 Å². The Morgan fingerprint density at radius 3 is 2.71 bits per heavy atom. The molecule has 0 saturated heterocycles. The van der Waals surface area contributed by atoms with Crippen LogP contribution < -0.4 is 14.8 Å². The Labute approximate surface area is 86.8 Å². The Kier molecular flexibility index (Phi) is 3.59. The Hall–Kier alpha value is -1.42. The molecule has 0 unspecified atom stereocenters. The Balaban J connectivity index is 2.81. The Bertz CT molecular complexity index is 341. The van der Waals surface area contributed by atoms with Crippen molar-refractivity contribution in [1.82, 2.24) is 5.32 Å². The van der Waals surface area contributed by atoms with Crippen molar-refractivity contribution in [1.29, 1.82) is 0 Å². The SMILES string of the molecule is CNC(=O)Oc1ccc(OC)c(Cl)c1. The number of hydrogen-bond acceptors (Lipinski definition) is 3. The zero-order valence-corrected chi connectivity index (χ0v) is 8.59. The molecular formula is C9H10ClNO3. The third kappa shape index (κ3) is 2.53. The molecule has 0 aliphatic carbocycles. The maximum atomic E-state index is 10.8. The summed E-state index contributed by atoms with van der Waals surface area (Å²) in [4.78, 5) is 10.8. The number of benzene rings is 1. The quantitative estimate of drug-likeness (QED) is 0.822. The normalized spacial score (nSPS) is 9.36. The molecule has 0 aromatic heterocycles. The topological polar surface area (TPSA) is 47.6 Å². The number of carbonyl (C=O) groups excluding carboxylic acids is 1. The van der Waals surface area contributed by atoms with E-state index in [1.807, 2.05) is 0 Å². The van der Waals surface area contributed by atoms with Crippen LogP contribution in [-0.2, 0) is 0 Å². The van der Waals surface area contributed by atoms with E-state index in [0.29, 0.717) is 16.5 Å². The lowest BCUT2D eigenvalue weighted by atomic mass is 10.3. The molecule has 14 heavy (non-hydrogen) atoms. The first-order chi connectivity index (χ1) is 6.67. The summed E-state index contributed by atoms with van der Waals surface area (Å²) in [5.41, 5.74) is 0. The van der Waals surface area contributed by atoms with Crippen LogP contribution in [0.25, 0.3) is 0 Å². The second-order valence-electron chi connectivity index (χ2n) is 2.44. The summed E-state index contributed by atoms with van der Waals surface area (Å²) in [6, 6.07) is 4.73. The number of methoxy groups -OCH3 is 1. The number of rotatable bonds is 2. The van der Waals surface area contributed by atoms with Gasteiger partial charge in [-0.05, 0) is 12.1 Å². The zero-order chi connectivity index (χ0) is 10.6. The van der Waals surface area contributed by atoms with Gasteiger partial charge in [-0.3, -0.25) is 0 Å². The van der Waals surface area contributed by atoms with Crippen LogP contribution in [0.2, 0.25) is 5.02 Å². The molecule has 0 radical (unpaired) electrons. The smallest absolute Gasteiger partial charge is 0.412 e. The second kappa shape index (κ2) is 4.72. The van der Waals surface area contributed by atoms with Crippen molar-refractivity contribution < 1.29 is 14.3 Å². The van der Waals surface area contributed by atoms with Gasteiger partial charge in [0.2, 0.25) is 0 Å². The maximum Gasteiger partial charge on any atom is 0.412 e. The minimum absolute atomic E-state index is 0.371. The third-order valence-electron chi connectivity index (χ3n) is 1.54. The van der Waals surface area contributed by atoms with Crippen LogP contribution in [-0.4, -0.2) is 20.3 Å². The van der Waals surface area contributed by atoms with E-state index in [0.717, 1.165) is 0 Å². The Morgan fingerprint density at radius 2 is 2.21 bits per heavy atom. The molecule has 0 atom stereocenters.